The molecule has 1 aromatic carbocycles. The Balaban J connectivity index is 2.51. The number of carbonyl (C=O) groups excluding carboxylic acids is 1. The number of phenolic OH excluding ortho intramolecular Hbond substituents is 1. The van der Waals surface area contributed by atoms with Crippen LogP contribution in [0.25, 0.3) is 0 Å². The van der Waals surface area contributed by atoms with Gasteiger partial charge in [0.1, 0.15) is 15.6 Å². The first kappa shape index (κ1) is 14.5. The zero-order valence-electron chi connectivity index (χ0n) is 10.4. The maximum Gasteiger partial charge on any atom is 0.251 e. The van der Waals surface area contributed by atoms with Crippen LogP contribution in [0.3, 0.4) is 0 Å². The lowest BCUT2D eigenvalue weighted by atomic mass is 10.1. The number of aryl methyl sites for hydroxylation is 1. The van der Waals surface area contributed by atoms with Gasteiger partial charge < -0.3 is 10.4 Å². The van der Waals surface area contributed by atoms with Crippen molar-refractivity contribution in [2.24, 2.45) is 0 Å². The summed E-state index contributed by atoms with van der Waals surface area (Å²) in [7, 11) is -2.98. The number of sulfone groups is 1. The van der Waals surface area contributed by atoms with Gasteiger partial charge in [0.15, 0.2) is 0 Å². The van der Waals surface area contributed by atoms with Gasteiger partial charge in [-0.15, -0.1) is 0 Å². The molecule has 0 aromatic heterocycles. The Morgan fingerprint density at radius 2 is 2.06 bits per heavy atom. The Morgan fingerprint density at radius 3 is 2.61 bits per heavy atom. The molecule has 2 N–H and O–H groups in total. The van der Waals surface area contributed by atoms with Crippen molar-refractivity contribution in [3.8, 4) is 5.75 Å². The minimum atomic E-state index is -2.98. The summed E-state index contributed by atoms with van der Waals surface area (Å²) >= 11 is 0. The quantitative estimate of drug-likeness (QED) is 0.778. The average molecular weight is 271 g/mol. The number of aromatic hydroxyl groups is 1. The molecule has 0 saturated heterocycles. The highest BCUT2D eigenvalue weighted by Crippen LogP contribution is 2.15. The Morgan fingerprint density at radius 1 is 1.39 bits per heavy atom. The van der Waals surface area contributed by atoms with Gasteiger partial charge >= 0.3 is 0 Å². The minimum absolute atomic E-state index is 0.0574. The number of hydrogen-bond donors (Lipinski definition) is 2. The predicted molar refractivity (Wildman–Crippen MR) is 69.5 cm³/mol. The van der Waals surface area contributed by atoms with Crippen LogP contribution >= 0.6 is 0 Å². The maximum absolute atomic E-state index is 11.8. The molecular formula is C12H17NO4S. The monoisotopic (exact) mass is 271 g/mol. The molecule has 1 aromatic rings. The molecule has 0 radical (unpaired) electrons. The van der Waals surface area contributed by atoms with Gasteiger partial charge in [-0.2, -0.15) is 0 Å². The van der Waals surface area contributed by atoms with Gasteiger partial charge in [0.25, 0.3) is 5.91 Å². The third-order valence-electron chi connectivity index (χ3n) is 2.43. The third-order valence-corrected chi connectivity index (χ3v) is 3.46. The SMILES string of the molecule is Cc1cc(O)ccc1C(=O)NCCCS(C)(=O)=O. The number of rotatable bonds is 5. The standard InChI is InChI=1S/C12H17NO4S/c1-9-8-10(14)4-5-11(9)12(15)13-6-3-7-18(2,16)17/h4-5,8,14H,3,6-7H2,1-2H3,(H,13,15). The van der Waals surface area contributed by atoms with Crippen LogP contribution in [0.2, 0.25) is 0 Å². The second-order valence-electron chi connectivity index (χ2n) is 4.24. The van der Waals surface area contributed by atoms with E-state index in [1.54, 1.807) is 6.92 Å². The van der Waals surface area contributed by atoms with Gasteiger partial charge in [0, 0.05) is 18.4 Å². The number of benzene rings is 1. The van der Waals surface area contributed by atoms with Gasteiger partial charge in [-0.1, -0.05) is 0 Å². The minimum Gasteiger partial charge on any atom is -0.508 e. The van der Waals surface area contributed by atoms with Crippen molar-refractivity contribution >= 4 is 15.7 Å². The van der Waals surface area contributed by atoms with Crippen molar-refractivity contribution in [3.05, 3.63) is 29.3 Å². The van der Waals surface area contributed by atoms with Gasteiger partial charge in [0.2, 0.25) is 0 Å². The summed E-state index contributed by atoms with van der Waals surface area (Å²) in [5, 5.41) is 11.9. The number of carbonyl (C=O) groups is 1. The van der Waals surface area contributed by atoms with E-state index in [9.17, 15) is 18.3 Å². The first-order valence-corrected chi connectivity index (χ1v) is 7.61. The predicted octanol–water partition coefficient (Wildman–Crippen LogP) is 0.865. The molecule has 0 aliphatic carbocycles. The van der Waals surface area contributed by atoms with E-state index < -0.39 is 9.84 Å². The van der Waals surface area contributed by atoms with E-state index in [0.717, 1.165) is 0 Å². The second kappa shape index (κ2) is 5.86. The van der Waals surface area contributed by atoms with Crippen LogP contribution in [0, 0.1) is 6.92 Å². The topological polar surface area (TPSA) is 83.5 Å². The number of hydrogen-bond acceptors (Lipinski definition) is 4. The summed E-state index contributed by atoms with van der Waals surface area (Å²) in [6, 6.07) is 4.49. The molecule has 6 heteroatoms. The van der Waals surface area contributed by atoms with Crippen molar-refractivity contribution < 1.29 is 18.3 Å². The lowest BCUT2D eigenvalue weighted by Crippen LogP contribution is -2.26. The fourth-order valence-corrected chi connectivity index (χ4v) is 2.20. The van der Waals surface area contributed by atoms with E-state index in [1.165, 1.54) is 24.5 Å². The van der Waals surface area contributed by atoms with Crippen molar-refractivity contribution in [1.29, 1.82) is 0 Å². The van der Waals surface area contributed by atoms with E-state index in [0.29, 0.717) is 24.1 Å². The first-order valence-electron chi connectivity index (χ1n) is 5.55. The Kier molecular flexibility index (Phi) is 4.72. The zero-order chi connectivity index (χ0) is 13.8. The number of nitrogens with one attached hydrogen (secondary N) is 1. The summed E-state index contributed by atoms with van der Waals surface area (Å²) < 4.78 is 21.8. The summed E-state index contributed by atoms with van der Waals surface area (Å²) in [6.07, 6.45) is 1.56. The highest BCUT2D eigenvalue weighted by molar-refractivity contribution is 7.90. The van der Waals surface area contributed by atoms with Crippen molar-refractivity contribution in [3.63, 3.8) is 0 Å². The van der Waals surface area contributed by atoms with E-state index in [2.05, 4.69) is 5.32 Å². The van der Waals surface area contributed by atoms with E-state index in [-0.39, 0.29) is 17.4 Å². The molecule has 0 atom stereocenters. The molecule has 18 heavy (non-hydrogen) atoms. The molecule has 0 unspecified atom stereocenters. The van der Waals surface area contributed by atoms with Crippen molar-refractivity contribution in [1.82, 2.24) is 5.32 Å². The van der Waals surface area contributed by atoms with Crippen LogP contribution in [-0.4, -0.2) is 38.0 Å². The lowest BCUT2D eigenvalue weighted by Gasteiger charge is -2.07. The van der Waals surface area contributed by atoms with E-state index in [4.69, 9.17) is 0 Å². The highest BCUT2D eigenvalue weighted by Gasteiger charge is 2.09. The van der Waals surface area contributed by atoms with E-state index >= 15 is 0 Å². The summed E-state index contributed by atoms with van der Waals surface area (Å²) in [5.74, 6) is -0.0934. The fourth-order valence-electron chi connectivity index (χ4n) is 1.53. The Bertz CT molecular complexity index is 537. The summed E-state index contributed by atoms with van der Waals surface area (Å²) in [5.41, 5.74) is 1.16. The van der Waals surface area contributed by atoms with Crippen LogP contribution in [-0.2, 0) is 9.84 Å². The molecule has 1 amide bonds. The lowest BCUT2D eigenvalue weighted by molar-refractivity contribution is 0.0953. The molecule has 1 rings (SSSR count). The van der Waals surface area contributed by atoms with Crippen LogP contribution in [0.1, 0.15) is 22.3 Å². The molecule has 0 aliphatic heterocycles. The Labute approximate surface area is 107 Å². The Hall–Kier alpha value is -1.56. The molecule has 0 aliphatic rings. The first-order chi connectivity index (χ1) is 8.29. The number of phenols is 1. The van der Waals surface area contributed by atoms with Crippen molar-refractivity contribution in [2.75, 3.05) is 18.6 Å². The molecular weight excluding hydrogens is 254 g/mol. The summed E-state index contributed by atoms with van der Waals surface area (Å²) in [4.78, 5) is 11.8. The van der Waals surface area contributed by atoms with Gasteiger partial charge in [-0.25, -0.2) is 8.42 Å². The third kappa shape index (κ3) is 4.75. The smallest absolute Gasteiger partial charge is 0.251 e. The zero-order valence-corrected chi connectivity index (χ0v) is 11.3. The molecule has 100 valence electrons. The molecule has 0 fully saturated rings. The molecule has 0 saturated carbocycles. The molecule has 0 spiro atoms. The van der Waals surface area contributed by atoms with Gasteiger partial charge in [0.05, 0.1) is 5.75 Å². The second-order valence-corrected chi connectivity index (χ2v) is 6.50. The van der Waals surface area contributed by atoms with Crippen LogP contribution in [0.5, 0.6) is 5.75 Å². The molecule has 0 heterocycles. The van der Waals surface area contributed by atoms with Crippen molar-refractivity contribution in [2.45, 2.75) is 13.3 Å². The molecule has 5 nitrogen and oxygen atoms in total. The van der Waals surface area contributed by atoms with E-state index in [1.807, 2.05) is 0 Å². The maximum atomic E-state index is 11.8. The highest BCUT2D eigenvalue weighted by atomic mass is 32.2. The van der Waals surface area contributed by atoms with Crippen LogP contribution in [0.15, 0.2) is 18.2 Å². The normalized spacial score (nSPS) is 11.2. The summed E-state index contributed by atoms with van der Waals surface area (Å²) in [6.45, 7) is 2.04. The van der Waals surface area contributed by atoms with Gasteiger partial charge in [-0.05, 0) is 37.1 Å². The fraction of sp³-hybridized carbons (Fsp3) is 0.417. The van der Waals surface area contributed by atoms with Crippen LogP contribution in [0.4, 0.5) is 0 Å². The van der Waals surface area contributed by atoms with Gasteiger partial charge in [-0.3, -0.25) is 4.79 Å². The molecule has 0 bridgehead atoms. The number of amides is 1. The van der Waals surface area contributed by atoms with Crippen LogP contribution < -0.4 is 5.32 Å². The average Bonchev–Trinajstić information content (AvgIpc) is 2.22. The largest absolute Gasteiger partial charge is 0.508 e.